The molecular weight excluding hydrogens is 350 g/mol. The van der Waals surface area contributed by atoms with Crippen LogP contribution in [0.25, 0.3) is 0 Å². The number of halogens is 2. The first-order chi connectivity index (χ1) is 13.0. The highest BCUT2D eigenvalue weighted by atomic mass is 19.2. The molecule has 1 atom stereocenters. The fourth-order valence-electron chi connectivity index (χ4n) is 3.83. The number of piperidine rings is 1. The van der Waals surface area contributed by atoms with Crippen LogP contribution in [0.2, 0.25) is 0 Å². The van der Waals surface area contributed by atoms with Crippen LogP contribution in [0, 0.1) is 17.6 Å². The van der Waals surface area contributed by atoms with E-state index >= 15 is 0 Å². The van der Waals surface area contributed by atoms with E-state index in [2.05, 4.69) is 11.4 Å². The molecular formula is C21H26F2N2O2. The van der Waals surface area contributed by atoms with Crippen molar-refractivity contribution in [2.24, 2.45) is 5.92 Å². The second-order valence-electron chi connectivity index (χ2n) is 7.44. The summed E-state index contributed by atoms with van der Waals surface area (Å²) in [5.41, 5.74) is 1.47. The maximum Gasteiger partial charge on any atom is 0.249 e. The van der Waals surface area contributed by atoms with Gasteiger partial charge in [0.25, 0.3) is 0 Å². The summed E-state index contributed by atoms with van der Waals surface area (Å²) >= 11 is 0. The molecule has 1 saturated heterocycles. The SMILES string of the molecule is O=C(CC[C@@H]1CCCN(C(=O)C2=CCCC2)C1)NCc1ccc(F)c(F)c1. The average Bonchev–Trinajstić information content (AvgIpc) is 3.21. The normalized spacial score (nSPS) is 19.7. The van der Waals surface area contributed by atoms with Gasteiger partial charge in [-0.05, 0) is 62.1 Å². The van der Waals surface area contributed by atoms with E-state index in [1.807, 2.05) is 4.90 Å². The predicted octanol–water partition coefficient (Wildman–Crippen LogP) is 3.71. The first kappa shape index (κ1) is 19.5. The van der Waals surface area contributed by atoms with Crippen LogP contribution >= 0.6 is 0 Å². The molecule has 146 valence electrons. The maximum absolute atomic E-state index is 13.2. The molecule has 0 saturated carbocycles. The fourth-order valence-corrected chi connectivity index (χ4v) is 3.83. The average molecular weight is 376 g/mol. The van der Waals surface area contributed by atoms with Crippen LogP contribution < -0.4 is 5.32 Å². The van der Waals surface area contributed by atoms with Gasteiger partial charge in [0, 0.05) is 31.6 Å². The Morgan fingerprint density at radius 2 is 2.04 bits per heavy atom. The quantitative estimate of drug-likeness (QED) is 0.823. The lowest BCUT2D eigenvalue weighted by molar-refractivity contribution is -0.129. The highest BCUT2D eigenvalue weighted by Gasteiger charge is 2.26. The highest BCUT2D eigenvalue weighted by Crippen LogP contribution is 2.25. The van der Waals surface area contributed by atoms with Gasteiger partial charge in [0.2, 0.25) is 11.8 Å². The monoisotopic (exact) mass is 376 g/mol. The summed E-state index contributed by atoms with van der Waals surface area (Å²) in [6, 6.07) is 3.61. The molecule has 1 aliphatic carbocycles. The van der Waals surface area contributed by atoms with Crippen molar-refractivity contribution in [1.29, 1.82) is 0 Å². The molecule has 0 radical (unpaired) electrons. The molecule has 0 unspecified atom stereocenters. The van der Waals surface area contributed by atoms with Crippen molar-refractivity contribution in [2.45, 2.75) is 51.5 Å². The van der Waals surface area contributed by atoms with Gasteiger partial charge in [-0.25, -0.2) is 8.78 Å². The number of benzene rings is 1. The second-order valence-corrected chi connectivity index (χ2v) is 7.44. The maximum atomic E-state index is 13.2. The zero-order chi connectivity index (χ0) is 19.2. The Morgan fingerprint density at radius 3 is 2.78 bits per heavy atom. The van der Waals surface area contributed by atoms with Crippen molar-refractivity contribution in [1.82, 2.24) is 10.2 Å². The minimum absolute atomic E-state index is 0.110. The lowest BCUT2D eigenvalue weighted by Gasteiger charge is -2.33. The van der Waals surface area contributed by atoms with Crippen LogP contribution in [-0.2, 0) is 16.1 Å². The number of nitrogens with one attached hydrogen (secondary N) is 1. The van der Waals surface area contributed by atoms with Gasteiger partial charge in [-0.2, -0.15) is 0 Å². The van der Waals surface area contributed by atoms with Gasteiger partial charge in [-0.1, -0.05) is 12.1 Å². The van der Waals surface area contributed by atoms with Crippen LogP contribution in [0.1, 0.15) is 50.5 Å². The third-order valence-electron chi connectivity index (χ3n) is 5.38. The van der Waals surface area contributed by atoms with E-state index in [-0.39, 0.29) is 18.4 Å². The van der Waals surface area contributed by atoms with Gasteiger partial charge in [0.1, 0.15) is 0 Å². The summed E-state index contributed by atoms with van der Waals surface area (Å²) in [4.78, 5) is 26.5. The molecule has 1 N–H and O–H groups in total. The molecule has 1 fully saturated rings. The minimum atomic E-state index is -0.911. The first-order valence-corrected chi connectivity index (χ1v) is 9.72. The molecule has 2 amide bonds. The Balaban J connectivity index is 1.41. The third-order valence-corrected chi connectivity index (χ3v) is 5.38. The Bertz CT molecular complexity index is 733. The van der Waals surface area contributed by atoms with E-state index in [0.29, 0.717) is 24.4 Å². The van der Waals surface area contributed by atoms with Crippen molar-refractivity contribution in [2.75, 3.05) is 13.1 Å². The van der Waals surface area contributed by atoms with Crippen molar-refractivity contribution in [3.8, 4) is 0 Å². The summed E-state index contributed by atoms with van der Waals surface area (Å²) in [6.07, 6.45) is 8.10. The molecule has 1 aliphatic heterocycles. The lowest BCUT2D eigenvalue weighted by Crippen LogP contribution is -2.40. The van der Waals surface area contributed by atoms with Gasteiger partial charge < -0.3 is 10.2 Å². The smallest absolute Gasteiger partial charge is 0.249 e. The van der Waals surface area contributed by atoms with Crippen molar-refractivity contribution in [3.05, 3.63) is 47.0 Å². The summed E-state index contributed by atoms with van der Waals surface area (Å²) in [5.74, 6) is -1.42. The molecule has 0 bridgehead atoms. The third kappa shape index (κ3) is 5.37. The van der Waals surface area contributed by atoms with Gasteiger partial charge in [-0.15, -0.1) is 0 Å². The molecule has 0 spiro atoms. The van der Waals surface area contributed by atoms with Crippen LogP contribution in [0.3, 0.4) is 0 Å². The number of nitrogens with zero attached hydrogens (tertiary/aromatic N) is 1. The van der Waals surface area contributed by atoms with Crippen molar-refractivity contribution in [3.63, 3.8) is 0 Å². The number of allylic oxidation sites excluding steroid dienone is 1. The molecule has 3 rings (SSSR count). The standard InChI is InChI=1S/C21H26F2N2O2/c22-18-9-7-16(12-19(18)23)13-24-20(26)10-8-15-4-3-11-25(14-15)21(27)17-5-1-2-6-17/h5,7,9,12,15H,1-4,6,8,10-11,13-14H2,(H,24,26)/t15-/m0/s1. The molecule has 0 aromatic heterocycles. The van der Waals surface area contributed by atoms with Crippen molar-refractivity contribution >= 4 is 11.8 Å². The Kier molecular flexibility index (Phi) is 6.58. The van der Waals surface area contributed by atoms with Gasteiger partial charge >= 0.3 is 0 Å². The van der Waals surface area contributed by atoms with Crippen LogP contribution in [0.5, 0.6) is 0 Å². The summed E-state index contributed by atoms with van der Waals surface area (Å²) in [6.45, 7) is 1.70. The fraction of sp³-hybridized carbons (Fsp3) is 0.524. The molecule has 27 heavy (non-hydrogen) atoms. The number of carbonyl (C=O) groups excluding carboxylic acids is 2. The van der Waals surface area contributed by atoms with E-state index in [4.69, 9.17) is 0 Å². The first-order valence-electron chi connectivity index (χ1n) is 9.72. The van der Waals surface area contributed by atoms with Crippen LogP contribution in [0.15, 0.2) is 29.8 Å². The predicted molar refractivity (Wildman–Crippen MR) is 98.7 cm³/mol. The second kappa shape index (κ2) is 9.11. The summed E-state index contributed by atoms with van der Waals surface area (Å²) < 4.78 is 26.1. The van der Waals surface area contributed by atoms with E-state index in [0.717, 1.165) is 62.8 Å². The Hall–Kier alpha value is -2.24. The van der Waals surface area contributed by atoms with E-state index in [1.54, 1.807) is 0 Å². The number of rotatable bonds is 6. The van der Waals surface area contributed by atoms with E-state index in [9.17, 15) is 18.4 Å². The molecule has 6 heteroatoms. The topological polar surface area (TPSA) is 49.4 Å². The largest absolute Gasteiger partial charge is 0.352 e. The van der Waals surface area contributed by atoms with Gasteiger partial charge in [0.05, 0.1) is 0 Å². The zero-order valence-corrected chi connectivity index (χ0v) is 15.5. The van der Waals surface area contributed by atoms with E-state index < -0.39 is 11.6 Å². The molecule has 4 nitrogen and oxygen atoms in total. The highest BCUT2D eigenvalue weighted by molar-refractivity contribution is 5.93. The van der Waals surface area contributed by atoms with Gasteiger partial charge in [-0.3, -0.25) is 9.59 Å². The molecule has 1 heterocycles. The number of carbonyl (C=O) groups is 2. The molecule has 1 aromatic rings. The Morgan fingerprint density at radius 1 is 1.19 bits per heavy atom. The van der Waals surface area contributed by atoms with Crippen LogP contribution in [-0.4, -0.2) is 29.8 Å². The zero-order valence-electron chi connectivity index (χ0n) is 15.5. The minimum Gasteiger partial charge on any atom is -0.352 e. The summed E-state index contributed by atoms with van der Waals surface area (Å²) in [5, 5.41) is 2.75. The number of hydrogen-bond acceptors (Lipinski definition) is 2. The van der Waals surface area contributed by atoms with Crippen molar-refractivity contribution < 1.29 is 18.4 Å². The number of hydrogen-bond donors (Lipinski definition) is 1. The van der Waals surface area contributed by atoms with E-state index in [1.165, 1.54) is 6.07 Å². The number of likely N-dealkylation sites (tertiary alicyclic amines) is 1. The molecule has 1 aromatic carbocycles. The van der Waals surface area contributed by atoms with Crippen LogP contribution in [0.4, 0.5) is 8.78 Å². The lowest BCUT2D eigenvalue weighted by atomic mass is 9.92. The summed E-state index contributed by atoms with van der Waals surface area (Å²) in [7, 11) is 0. The van der Waals surface area contributed by atoms with Gasteiger partial charge in [0.15, 0.2) is 11.6 Å². The molecule has 2 aliphatic rings. The Labute approximate surface area is 158 Å². The number of amides is 2.